The standard InChI is InChI=1S/C17H16Cl2N2O3/c18-12-6-7-14(15(19)10-12)17(23)21-11-16(22)20-8-9-24-13-4-2-1-3-5-13/h1-7,10H,8-9,11H2,(H,20,22)(H,21,23). The Labute approximate surface area is 149 Å². The number of nitrogens with one attached hydrogen (secondary N) is 2. The van der Waals surface area contributed by atoms with E-state index in [1.54, 1.807) is 6.07 Å². The van der Waals surface area contributed by atoms with Gasteiger partial charge < -0.3 is 15.4 Å². The zero-order valence-electron chi connectivity index (χ0n) is 12.7. The van der Waals surface area contributed by atoms with Gasteiger partial charge in [-0.3, -0.25) is 9.59 Å². The highest BCUT2D eigenvalue weighted by molar-refractivity contribution is 6.36. The molecule has 5 nitrogen and oxygen atoms in total. The molecular formula is C17H16Cl2N2O3. The zero-order valence-corrected chi connectivity index (χ0v) is 14.2. The van der Waals surface area contributed by atoms with Crippen molar-refractivity contribution in [2.75, 3.05) is 19.7 Å². The molecule has 0 aliphatic rings. The Bertz CT molecular complexity index is 708. The Kier molecular flexibility index (Phi) is 6.90. The van der Waals surface area contributed by atoms with E-state index in [4.69, 9.17) is 27.9 Å². The summed E-state index contributed by atoms with van der Waals surface area (Å²) in [5, 5.41) is 5.82. The van der Waals surface area contributed by atoms with Gasteiger partial charge in [-0.05, 0) is 30.3 Å². The van der Waals surface area contributed by atoms with E-state index in [2.05, 4.69) is 10.6 Å². The first-order chi connectivity index (χ1) is 11.6. The van der Waals surface area contributed by atoms with Gasteiger partial charge in [-0.2, -0.15) is 0 Å². The van der Waals surface area contributed by atoms with Crippen LogP contribution < -0.4 is 15.4 Å². The predicted octanol–water partition coefficient (Wildman–Crippen LogP) is 2.92. The second kappa shape index (κ2) is 9.15. The fourth-order valence-corrected chi connectivity index (χ4v) is 2.36. The Morgan fingerprint density at radius 1 is 1.00 bits per heavy atom. The Balaban J connectivity index is 1.68. The highest BCUT2D eigenvalue weighted by atomic mass is 35.5. The van der Waals surface area contributed by atoms with Crippen molar-refractivity contribution in [3.05, 3.63) is 64.1 Å². The maximum atomic E-state index is 12.0. The minimum atomic E-state index is -0.438. The summed E-state index contributed by atoms with van der Waals surface area (Å²) in [6.45, 7) is 0.529. The molecule has 0 bridgehead atoms. The molecular weight excluding hydrogens is 351 g/mol. The third-order valence-electron chi connectivity index (χ3n) is 3.02. The summed E-state index contributed by atoms with van der Waals surface area (Å²) in [4.78, 5) is 23.6. The second-order valence-corrected chi connectivity index (χ2v) is 5.66. The van der Waals surface area contributed by atoms with Gasteiger partial charge in [0.25, 0.3) is 5.91 Å². The lowest BCUT2D eigenvalue weighted by Gasteiger charge is -2.09. The molecule has 0 aromatic heterocycles. The number of carbonyl (C=O) groups is 2. The van der Waals surface area contributed by atoms with E-state index in [-0.39, 0.29) is 23.0 Å². The summed E-state index contributed by atoms with van der Waals surface area (Å²) in [7, 11) is 0. The van der Waals surface area contributed by atoms with Gasteiger partial charge in [0.2, 0.25) is 5.91 Å². The van der Waals surface area contributed by atoms with Crippen LogP contribution in [0.4, 0.5) is 0 Å². The van der Waals surface area contributed by atoms with Crippen LogP contribution in [0.3, 0.4) is 0 Å². The minimum Gasteiger partial charge on any atom is -0.492 e. The Hall–Kier alpha value is -2.24. The molecule has 0 unspecified atom stereocenters. The highest BCUT2D eigenvalue weighted by Crippen LogP contribution is 2.20. The Morgan fingerprint density at radius 3 is 2.46 bits per heavy atom. The molecule has 126 valence electrons. The molecule has 2 rings (SSSR count). The summed E-state index contributed by atoms with van der Waals surface area (Å²) in [6.07, 6.45) is 0. The van der Waals surface area contributed by atoms with Crippen LogP contribution in [-0.4, -0.2) is 31.5 Å². The number of ether oxygens (including phenoxy) is 1. The molecule has 0 saturated heterocycles. The lowest BCUT2D eigenvalue weighted by atomic mass is 10.2. The summed E-state index contributed by atoms with van der Waals surface area (Å²) in [5.74, 6) is -0.0186. The SMILES string of the molecule is O=C(CNC(=O)c1ccc(Cl)cc1Cl)NCCOc1ccccc1. The third-order valence-corrected chi connectivity index (χ3v) is 3.57. The molecule has 2 amide bonds. The minimum absolute atomic E-state index is 0.150. The second-order valence-electron chi connectivity index (χ2n) is 4.82. The highest BCUT2D eigenvalue weighted by Gasteiger charge is 2.11. The van der Waals surface area contributed by atoms with Crippen molar-refractivity contribution in [2.45, 2.75) is 0 Å². The van der Waals surface area contributed by atoms with E-state index in [0.717, 1.165) is 5.75 Å². The molecule has 0 aliphatic heterocycles. The fraction of sp³-hybridized carbons (Fsp3) is 0.176. The van der Waals surface area contributed by atoms with Crippen molar-refractivity contribution in [2.24, 2.45) is 0 Å². The number of hydrogen-bond donors (Lipinski definition) is 2. The third kappa shape index (κ3) is 5.76. The lowest BCUT2D eigenvalue weighted by molar-refractivity contribution is -0.120. The maximum absolute atomic E-state index is 12.0. The van der Waals surface area contributed by atoms with Crippen LogP contribution in [0.1, 0.15) is 10.4 Å². The van der Waals surface area contributed by atoms with E-state index in [0.29, 0.717) is 18.2 Å². The quantitative estimate of drug-likeness (QED) is 0.740. The van der Waals surface area contributed by atoms with E-state index in [1.807, 2.05) is 30.3 Å². The normalized spacial score (nSPS) is 10.1. The fourth-order valence-electron chi connectivity index (χ4n) is 1.87. The summed E-state index contributed by atoms with van der Waals surface area (Å²) < 4.78 is 5.45. The number of halogens is 2. The van der Waals surface area contributed by atoms with Gasteiger partial charge >= 0.3 is 0 Å². The van der Waals surface area contributed by atoms with Crippen molar-refractivity contribution in [1.82, 2.24) is 10.6 Å². The van der Waals surface area contributed by atoms with Crippen LogP contribution in [0.15, 0.2) is 48.5 Å². The van der Waals surface area contributed by atoms with Crippen molar-refractivity contribution in [3.63, 3.8) is 0 Å². The number of carbonyl (C=O) groups excluding carboxylic acids is 2. The van der Waals surface area contributed by atoms with Gasteiger partial charge in [0.1, 0.15) is 12.4 Å². The van der Waals surface area contributed by atoms with Crippen molar-refractivity contribution >= 4 is 35.0 Å². The van der Waals surface area contributed by atoms with Gasteiger partial charge in [0, 0.05) is 5.02 Å². The smallest absolute Gasteiger partial charge is 0.253 e. The molecule has 0 fully saturated rings. The molecule has 0 saturated carbocycles. The molecule has 0 radical (unpaired) electrons. The number of benzene rings is 2. The molecule has 2 N–H and O–H groups in total. The van der Waals surface area contributed by atoms with Crippen LogP contribution in [0.5, 0.6) is 5.75 Å². The number of hydrogen-bond acceptors (Lipinski definition) is 3. The van der Waals surface area contributed by atoms with E-state index in [9.17, 15) is 9.59 Å². The summed E-state index contributed by atoms with van der Waals surface area (Å²) in [5.41, 5.74) is 0.265. The van der Waals surface area contributed by atoms with E-state index < -0.39 is 5.91 Å². The van der Waals surface area contributed by atoms with Crippen molar-refractivity contribution in [3.8, 4) is 5.75 Å². The monoisotopic (exact) mass is 366 g/mol. The van der Waals surface area contributed by atoms with Crippen LogP contribution in [0.2, 0.25) is 10.0 Å². The lowest BCUT2D eigenvalue weighted by Crippen LogP contribution is -2.38. The number of para-hydroxylation sites is 1. The largest absolute Gasteiger partial charge is 0.492 e. The van der Waals surface area contributed by atoms with Gasteiger partial charge in [0.15, 0.2) is 0 Å². The van der Waals surface area contributed by atoms with E-state index in [1.165, 1.54) is 12.1 Å². The van der Waals surface area contributed by atoms with Crippen molar-refractivity contribution in [1.29, 1.82) is 0 Å². The summed E-state index contributed by atoms with van der Waals surface area (Å²) >= 11 is 11.7. The Morgan fingerprint density at radius 2 is 1.75 bits per heavy atom. The molecule has 0 aliphatic carbocycles. The molecule has 24 heavy (non-hydrogen) atoms. The first kappa shape index (κ1) is 18.1. The van der Waals surface area contributed by atoms with Crippen LogP contribution in [0.25, 0.3) is 0 Å². The number of rotatable bonds is 7. The maximum Gasteiger partial charge on any atom is 0.253 e. The summed E-state index contributed by atoms with van der Waals surface area (Å²) in [6, 6.07) is 13.8. The molecule has 2 aromatic rings. The zero-order chi connectivity index (χ0) is 17.4. The molecule has 7 heteroatoms. The van der Waals surface area contributed by atoms with Crippen LogP contribution in [-0.2, 0) is 4.79 Å². The number of amides is 2. The molecule has 2 aromatic carbocycles. The average Bonchev–Trinajstić information content (AvgIpc) is 2.57. The van der Waals surface area contributed by atoms with Gasteiger partial charge in [-0.1, -0.05) is 41.4 Å². The first-order valence-electron chi connectivity index (χ1n) is 7.24. The van der Waals surface area contributed by atoms with Gasteiger partial charge in [-0.15, -0.1) is 0 Å². The first-order valence-corrected chi connectivity index (χ1v) is 7.99. The predicted molar refractivity (Wildman–Crippen MR) is 93.7 cm³/mol. The molecule has 0 spiro atoms. The van der Waals surface area contributed by atoms with Crippen LogP contribution in [0, 0.1) is 0 Å². The molecule has 0 heterocycles. The average molecular weight is 367 g/mol. The van der Waals surface area contributed by atoms with Crippen molar-refractivity contribution < 1.29 is 14.3 Å². The van der Waals surface area contributed by atoms with Gasteiger partial charge in [0.05, 0.1) is 23.7 Å². The molecule has 0 atom stereocenters. The van der Waals surface area contributed by atoms with E-state index >= 15 is 0 Å². The topological polar surface area (TPSA) is 67.4 Å². The van der Waals surface area contributed by atoms with Crippen LogP contribution >= 0.6 is 23.2 Å². The van der Waals surface area contributed by atoms with Gasteiger partial charge in [-0.25, -0.2) is 0 Å².